The van der Waals surface area contributed by atoms with Gasteiger partial charge in [-0.2, -0.15) is 0 Å². The number of piperidine rings is 1. The molecule has 1 aromatic heterocycles. The number of aromatic nitrogens is 1. The SMILES string of the molecule is CC(=O)N1C[C@H]2C[C@]2(NCc2nccs2)C1. The monoisotopic (exact) mass is 237 g/mol. The summed E-state index contributed by atoms with van der Waals surface area (Å²) < 4.78 is 0. The molecule has 2 fully saturated rings. The number of thiazole rings is 1. The molecular formula is C11H15N3OS. The van der Waals surface area contributed by atoms with Crippen LogP contribution in [0.4, 0.5) is 0 Å². The van der Waals surface area contributed by atoms with Crippen molar-refractivity contribution in [2.24, 2.45) is 5.92 Å². The van der Waals surface area contributed by atoms with Crippen LogP contribution in [0, 0.1) is 5.92 Å². The Balaban J connectivity index is 1.59. The number of carbonyl (C=O) groups excluding carboxylic acids is 1. The van der Waals surface area contributed by atoms with Crippen LogP contribution >= 0.6 is 11.3 Å². The molecule has 0 spiro atoms. The first-order valence-corrected chi connectivity index (χ1v) is 6.46. The second-order valence-corrected chi connectivity index (χ2v) is 5.72. The first-order valence-electron chi connectivity index (χ1n) is 5.58. The summed E-state index contributed by atoms with van der Waals surface area (Å²) in [4.78, 5) is 17.5. The summed E-state index contributed by atoms with van der Waals surface area (Å²) in [5.74, 6) is 0.860. The molecule has 2 atom stereocenters. The molecule has 2 aliphatic rings. The van der Waals surface area contributed by atoms with E-state index in [4.69, 9.17) is 0 Å². The van der Waals surface area contributed by atoms with Crippen molar-refractivity contribution in [2.45, 2.75) is 25.4 Å². The van der Waals surface area contributed by atoms with E-state index in [1.165, 1.54) is 6.42 Å². The van der Waals surface area contributed by atoms with Crippen LogP contribution in [0.25, 0.3) is 0 Å². The first-order chi connectivity index (χ1) is 7.70. The highest BCUT2D eigenvalue weighted by Gasteiger charge is 2.60. The largest absolute Gasteiger partial charge is 0.341 e. The van der Waals surface area contributed by atoms with E-state index >= 15 is 0 Å². The summed E-state index contributed by atoms with van der Waals surface area (Å²) in [6, 6.07) is 0. The zero-order valence-corrected chi connectivity index (χ0v) is 10.1. The molecule has 2 heterocycles. The molecule has 0 radical (unpaired) electrons. The van der Waals surface area contributed by atoms with Crippen molar-refractivity contribution in [1.29, 1.82) is 0 Å². The van der Waals surface area contributed by atoms with Gasteiger partial charge in [0.15, 0.2) is 0 Å². The minimum absolute atomic E-state index is 0.197. The Morgan fingerprint density at radius 2 is 2.69 bits per heavy atom. The summed E-state index contributed by atoms with van der Waals surface area (Å²) in [5, 5.41) is 6.70. The van der Waals surface area contributed by atoms with E-state index in [1.807, 2.05) is 16.5 Å². The molecule has 1 amide bonds. The van der Waals surface area contributed by atoms with Crippen molar-refractivity contribution >= 4 is 17.2 Å². The van der Waals surface area contributed by atoms with Crippen LogP contribution in [-0.2, 0) is 11.3 Å². The number of nitrogens with zero attached hydrogens (tertiary/aromatic N) is 2. The second kappa shape index (κ2) is 3.53. The lowest BCUT2D eigenvalue weighted by Crippen LogP contribution is -2.39. The van der Waals surface area contributed by atoms with E-state index in [0.717, 1.165) is 24.6 Å². The molecular weight excluding hydrogens is 222 g/mol. The van der Waals surface area contributed by atoms with Gasteiger partial charge < -0.3 is 10.2 Å². The smallest absolute Gasteiger partial charge is 0.219 e. The standard InChI is InChI=1S/C11H15N3OS/c1-8(15)14-6-9-4-11(9,7-14)13-5-10-12-2-3-16-10/h2-3,9,13H,4-7H2,1H3/t9-,11+/m1/s1. The Morgan fingerprint density at radius 1 is 1.81 bits per heavy atom. The number of nitrogens with one attached hydrogen (secondary N) is 1. The van der Waals surface area contributed by atoms with E-state index in [1.54, 1.807) is 18.3 Å². The van der Waals surface area contributed by atoms with Gasteiger partial charge in [-0.1, -0.05) is 0 Å². The van der Waals surface area contributed by atoms with Crippen LogP contribution in [0.1, 0.15) is 18.4 Å². The average Bonchev–Trinajstić information content (AvgIpc) is 2.73. The molecule has 1 saturated heterocycles. The summed E-state index contributed by atoms with van der Waals surface area (Å²) in [6.45, 7) is 4.29. The number of amides is 1. The van der Waals surface area contributed by atoms with Crippen molar-refractivity contribution in [3.63, 3.8) is 0 Å². The number of hydrogen-bond acceptors (Lipinski definition) is 4. The third-order valence-corrected chi connectivity index (χ3v) is 4.45. The Kier molecular flexibility index (Phi) is 2.26. The molecule has 5 heteroatoms. The lowest BCUT2D eigenvalue weighted by molar-refractivity contribution is -0.128. The summed E-state index contributed by atoms with van der Waals surface area (Å²) in [6.07, 6.45) is 3.04. The fraction of sp³-hybridized carbons (Fsp3) is 0.636. The van der Waals surface area contributed by atoms with E-state index in [-0.39, 0.29) is 11.4 Å². The van der Waals surface area contributed by atoms with Crippen LogP contribution in [0.15, 0.2) is 11.6 Å². The topological polar surface area (TPSA) is 45.2 Å². The van der Waals surface area contributed by atoms with Crippen molar-refractivity contribution in [1.82, 2.24) is 15.2 Å². The number of fused-ring (bicyclic) bond motifs is 1. The molecule has 1 N–H and O–H groups in total. The third-order valence-electron chi connectivity index (χ3n) is 3.67. The normalized spacial score (nSPS) is 31.6. The zero-order valence-electron chi connectivity index (χ0n) is 9.27. The lowest BCUT2D eigenvalue weighted by Gasteiger charge is -2.19. The Hall–Kier alpha value is -0.940. The quantitative estimate of drug-likeness (QED) is 0.848. The fourth-order valence-corrected chi connectivity index (χ4v) is 3.15. The van der Waals surface area contributed by atoms with Gasteiger partial charge in [-0.3, -0.25) is 4.79 Å². The first kappa shape index (κ1) is 10.2. The maximum Gasteiger partial charge on any atom is 0.219 e. The minimum Gasteiger partial charge on any atom is -0.341 e. The van der Waals surface area contributed by atoms with Crippen LogP contribution in [0.2, 0.25) is 0 Å². The van der Waals surface area contributed by atoms with Gasteiger partial charge in [0.05, 0.1) is 0 Å². The van der Waals surface area contributed by atoms with Crippen molar-refractivity contribution < 1.29 is 4.79 Å². The van der Waals surface area contributed by atoms with Gasteiger partial charge >= 0.3 is 0 Å². The molecule has 1 aliphatic heterocycles. The predicted molar refractivity (Wildman–Crippen MR) is 62.0 cm³/mol. The van der Waals surface area contributed by atoms with E-state index in [9.17, 15) is 4.79 Å². The molecule has 0 aromatic carbocycles. The molecule has 0 bridgehead atoms. The Labute approximate surface area is 98.7 Å². The van der Waals surface area contributed by atoms with E-state index in [2.05, 4.69) is 10.3 Å². The molecule has 3 rings (SSSR count). The summed E-state index contributed by atoms with van der Waals surface area (Å²) >= 11 is 1.68. The summed E-state index contributed by atoms with van der Waals surface area (Å²) in [5.41, 5.74) is 0.206. The Bertz CT molecular complexity index is 405. The van der Waals surface area contributed by atoms with Crippen molar-refractivity contribution in [3.05, 3.63) is 16.6 Å². The Morgan fingerprint density at radius 3 is 3.31 bits per heavy atom. The fourth-order valence-electron chi connectivity index (χ4n) is 2.59. The van der Waals surface area contributed by atoms with Crippen LogP contribution in [-0.4, -0.2) is 34.4 Å². The molecule has 1 aliphatic carbocycles. The number of rotatable bonds is 3. The number of hydrogen-bond donors (Lipinski definition) is 1. The van der Waals surface area contributed by atoms with Crippen LogP contribution in [0.3, 0.4) is 0 Å². The van der Waals surface area contributed by atoms with Gasteiger partial charge in [-0.05, 0) is 12.3 Å². The number of likely N-dealkylation sites (tertiary alicyclic amines) is 1. The van der Waals surface area contributed by atoms with Crippen LogP contribution in [0.5, 0.6) is 0 Å². The minimum atomic E-state index is 0.197. The zero-order chi connectivity index (χ0) is 11.2. The lowest BCUT2D eigenvalue weighted by atomic mass is 10.2. The molecule has 1 saturated carbocycles. The third kappa shape index (κ3) is 1.64. The van der Waals surface area contributed by atoms with Crippen molar-refractivity contribution in [3.8, 4) is 0 Å². The highest BCUT2D eigenvalue weighted by Crippen LogP contribution is 2.49. The number of carbonyl (C=O) groups is 1. The van der Waals surface area contributed by atoms with Gasteiger partial charge in [-0.15, -0.1) is 11.3 Å². The highest BCUT2D eigenvalue weighted by atomic mass is 32.1. The summed E-state index contributed by atoms with van der Waals surface area (Å²) in [7, 11) is 0. The second-order valence-electron chi connectivity index (χ2n) is 4.74. The maximum absolute atomic E-state index is 11.3. The molecule has 0 unspecified atom stereocenters. The average molecular weight is 237 g/mol. The van der Waals surface area contributed by atoms with Gasteiger partial charge in [0, 0.05) is 43.7 Å². The predicted octanol–water partition coefficient (Wildman–Crippen LogP) is 0.853. The van der Waals surface area contributed by atoms with Crippen LogP contribution < -0.4 is 5.32 Å². The van der Waals surface area contributed by atoms with Crippen molar-refractivity contribution in [2.75, 3.05) is 13.1 Å². The highest BCUT2D eigenvalue weighted by molar-refractivity contribution is 7.09. The van der Waals surface area contributed by atoms with Gasteiger partial charge in [0.2, 0.25) is 5.91 Å². The van der Waals surface area contributed by atoms with E-state index in [0.29, 0.717) is 5.92 Å². The van der Waals surface area contributed by atoms with Gasteiger partial charge in [0.1, 0.15) is 5.01 Å². The molecule has 16 heavy (non-hydrogen) atoms. The van der Waals surface area contributed by atoms with Gasteiger partial charge in [-0.25, -0.2) is 4.98 Å². The molecule has 1 aromatic rings. The molecule has 4 nitrogen and oxygen atoms in total. The van der Waals surface area contributed by atoms with E-state index < -0.39 is 0 Å². The maximum atomic E-state index is 11.3. The molecule has 86 valence electrons. The van der Waals surface area contributed by atoms with Gasteiger partial charge in [0.25, 0.3) is 0 Å².